The molecule has 0 spiro atoms. The first kappa shape index (κ1) is 29.3. The Bertz CT molecular complexity index is 895. The van der Waals surface area contributed by atoms with Gasteiger partial charge in [-0.05, 0) is 68.3 Å². The van der Waals surface area contributed by atoms with Crippen molar-refractivity contribution in [2.45, 2.75) is 91.2 Å². The zero-order chi connectivity index (χ0) is 26.2. The zero-order valence-electron chi connectivity index (χ0n) is 22.0. The molecule has 0 aliphatic heterocycles. The van der Waals surface area contributed by atoms with Gasteiger partial charge in [0.05, 0.1) is 18.1 Å². The van der Waals surface area contributed by atoms with E-state index in [9.17, 15) is 14.0 Å². The summed E-state index contributed by atoms with van der Waals surface area (Å²) >= 11 is 0. The van der Waals surface area contributed by atoms with Gasteiger partial charge < -0.3 is 14.2 Å². The van der Waals surface area contributed by atoms with Crippen LogP contribution in [0.5, 0.6) is 17.2 Å². The maximum atomic E-state index is 13.9. The Morgan fingerprint density at radius 1 is 0.722 bits per heavy atom. The molecule has 36 heavy (non-hydrogen) atoms. The number of halogens is 1. The molecule has 0 saturated carbocycles. The van der Waals surface area contributed by atoms with E-state index in [1.807, 2.05) is 6.92 Å². The van der Waals surface area contributed by atoms with Crippen molar-refractivity contribution in [2.24, 2.45) is 5.92 Å². The number of rotatable bonds is 17. The fraction of sp³-hybridized carbons (Fsp3) is 0.533. The summed E-state index contributed by atoms with van der Waals surface area (Å²) in [5.74, 6) is -0.641. The Morgan fingerprint density at radius 3 is 1.83 bits per heavy atom. The monoisotopic (exact) mass is 500 g/mol. The summed E-state index contributed by atoms with van der Waals surface area (Å²) in [4.78, 5) is 24.6. The SMILES string of the molecule is CCCCCCCCCCOc1ccc(C(=O)Oc2ccc(OC(=O)[C@@H](C)[C@@H](F)CCC)cc2)cc1. The lowest BCUT2D eigenvalue weighted by molar-refractivity contribution is -0.140. The van der Waals surface area contributed by atoms with E-state index in [4.69, 9.17) is 14.2 Å². The highest BCUT2D eigenvalue weighted by molar-refractivity contribution is 5.91. The second-order valence-electron chi connectivity index (χ2n) is 9.22. The maximum absolute atomic E-state index is 13.9. The largest absolute Gasteiger partial charge is 0.494 e. The Balaban J connectivity index is 1.72. The van der Waals surface area contributed by atoms with Gasteiger partial charge in [-0.25, -0.2) is 9.18 Å². The minimum atomic E-state index is -1.23. The van der Waals surface area contributed by atoms with Gasteiger partial charge in [-0.15, -0.1) is 0 Å². The Hall–Kier alpha value is -2.89. The maximum Gasteiger partial charge on any atom is 0.343 e. The van der Waals surface area contributed by atoms with Gasteiger partial charge in [0, 0.05) is 0 Å². The van der Waals surface area contributed by atoms with Crippen LogP contribution in [-0.4, -0.2) is 24.7 Å². The molecule has 0 aromatic heterocycles. The van der Waals surface area contributed by atoms with Crippen molar-refractivity contribution < 1.29 is 28.2 Å². The summed E-state index contributed by atoms with van der Waals surface area (Å²) in [5.41, 5.74) is 0.406. The number of unbranched alkanes of at least 4 members (excludes halogenated alkanes) is 7. The van der Waals surface area contributed by atoms with E-state index in [2.05, 4.69) is 6.92 Å². The van der Waals surface area contributed by atoms with Crippen LogP contribution in [0.25, 0.3) is 0 Å². The highest BCUT2D eigenvalue weighted by atomic mass is 19.1. The molecule has 0 saturated heterocycles. The van der Waals surface area contributed by atoms with Crippen LogP contribution in [0, 0.1) is 5.92 Å². The Kier molecular flexibility index (Phi) is 13.6. The summed E-state index contributed by atoms with van der Waals surface area (Å²) in [5, 5.41) is 0. The van der Waals surface area contributed by atoms with Crippen LogP contribution in [-0.2, 0) is 4.79 Å². The van der Waals surface area contributed by atoms with E-state index >= 15 is 0 Å². The molecule has 0 aliphatic carbocycles. The van der Waals surface area contributed by atoms with Gasteiger partial charge >= 0.3 is 11.9 Å². The zero-order valence-corrected chi connectivity index (χ0v) is 22.0. The molecule has 0 bridgehead atoms. The van der Waals surface area contributed by atoms with Crippen LogP contribution in [0.2, 0.25) is 0 Å². The predicted molar refractivity (Wildman–Crippen MR) is 141 cm³/mol. The number of carbonyl (C=O) groups is 2. The van der Waals surface area contributed by atoms with Gasteiger partial charge in [-0.3, -0.25) is 4.79 Å². The molecule has 0 radical (unpaired) electrons. The average Bonchev–Trinajstić information content (AvgIpc) is 2.88. The van der Waals surface area contributed by atoms with Crippen molar-refractivity contribution in [2.75, 3.05) is 6.61 Å². The summed E-state index contributed by atoms with van der Waals surface area (Å²) in [6, 6.07) is 13.0. The minimum Gasteiger partial charge on any atom is -0.494 e. The third-order valence-electron chi connectivity index (χ3n) is 6.09. The topological polar surface area (TPSA) is 61.8 Å². The van der Waals surface area contributed by atoms with Gasteiger partial charge in [0.1, 0.15) is 23.4 Å². The van der Waals surface area contributed by atoms with Crippen molar-refractivity contribution in [3.05, 3.63) is 54.1 Å². The summed E-state index contributed by atoms with van der Waals surface area (Å²) in [6.45, 7) is 6.28. The highest BCUT2D eigenvalue weighted by Gasteiger charge is 2.25. The van der Waals surface area contributed by atoms with Crippen molar-refractivity contribution in [3.63, 3.8) is 0 Å². The van der Waals surface area contributed by atoms with Gasteiger partial charge in [-0.1, -0.05) is 65.2 Å². The molecular weight excluding hydrogens is 459 g/mol. The fourth-order valence-corrected chi connectivity index (χ4v) is 3.74. The highest BCUT2D eigenvalue weighted by Crippen LogP contribution is 2.22. The number of alkyl halides is 1. The first-order chi connectivity index (χ1) is 17.4. The normalized spacial score (nSPS) is 12.6. The van der Waals surface area contributed by atoms with Gasteiger partial charge in [-0.2, -0.15) is 0 Å². The number of carbonyl (C=O) groups excluding carboxylic acids is 2. The van der Waals surface area contributed by atoms with Crippen LogP contribution in [0.4, 0.5) is 4.39 Å². The van der Waals surface area contributed by atoms with Crippen molar-refractivity contribution >= 4 is 11.9 Å². The summed E-state index contributed by atoms with van der Waals surface area (Å²) in [7, 11) is 0. The molecule has 0 aliphatic rings. The third-order valence-corrected chi connectivity index (χ3v) is 6.09. The molecule has 0 amide bonds. The standard InChI is InChI=1S/C30H41FO5/c1-4-6-7-8-9-10-11-12-22-34-25-16-14-24(15-17-25)30(33)36-27-20-18-26(19-21-27)35-29(32)23(3)28(31)13-5-2/h14-21,23,28H,4-13,22H2,1-3H3/t23-,28-/m0/s1. The van der Waals surface area contributed by atoms with Crippen molar-refractivity contribution in [1.29, 1.82) is 0 Å². The number of ether oxygens (including phenoxy) is 3. The fourth-order valence-electron chi connectivity index (χ4n) is 3.74. The third kappa shape index (κ3) is 10.8. The number of benzene rings is 2. The Morgan fingerprint density at radius 2 is 1.25 bits per heavy atom. The average molecular weight is 501 g/mol. The molecule has 0 unspecified atom stereocenters. The van der Waals surface area contributed by atoms with E-state index in [0.717, 1.165) is 12.2 Å². The Labute approximate surface area is 215 Å². The van der Waals surface area contributed by atoms with Gasteiger partial charge in [0.15, 0.2) is 0 Å². The van der Waals surface area contributed by atoms with Crippen LogP contribution in [0.3, 0.4) is 0 Å². The summed E-state index contributed by atoms with van der Waals surface area (Å²) < 4.78 is 30.3. The van der Waals surface area contributed by atoms with Crippen LogP contribution in [0.15, 0.2) is 48.5 Å². The molecule has 2 aromatic carbocycles. The molecule has 6 heteroatoms. The number of hydrogen-bond acceptors (Lipinski definition) is 5. The first-order valence-electron chi connectivity index (χ1n) is 13.4. The van der Waals surface area contributed by atoms with E-state index in [1.165, 1.54) is 76.1 Å². The second kappa shape index (κ2) is 16.7. The lowest BCUT2D eigenvalue weighted by Crippen LogP contribution is -2.26. The molecule has 0 N–H and O–H groups in total. The predicted octanol–water partition coefficient (Wildman–Crippen LogP) is 8.11. The smallest absolute Gasteiger partial charge is 0.343 e. The lowest BCUT2D eigenvalue weighted by atomic mass is 10.0. The molecule has 2 aromatic rings. The number of hydrogen-bond donors (Lipinski definition) is 0. The quantitative estimate of drug-likeness (QED) is 0.125. The van der Waals surface area contributed by atoms with E-state index in [-0.39, 0.29) is 5.75 Å². The van der Waals surface area contributed by atoms with Crippen molar-refractivity contribution in [1.82, 2.24) is 0 Å². The molecule has 0 fully saturated rings. The molecular formula is C30H41FO5. The van der Waals surface area contributed by atoms with Gasteiger partial charge in [0.25, 0.3) is 0 Å². The number of esters is 2. The van der Waals surface area contributed by atoms with Crippen LogP contribution < -0.4 is 14.2 Å². The van der Waals surface area contributed by atoms with Gasteiger partial charge in [0.2, 0.25) is 0 Å². The first-order valence-corrected chi connectivity index (χ1v) is 13.4. The molecule has 2 atom stereocenters. The molecule has 198 valence electrons. The minimum absolute atomic E-state index is 0.272. The molecule has 2 rings (SSSR count). The van der Waals surface area contributed by atoms with Crippen LogP contribution >= 0.6 is 0 Å². The van der Waals surface area contributed by atoms with Crippen molar-refractivity contribution in [3.8, 4) is 17.2 Å². The molecule has 0 heterocycles. The van der Waals surface area contributed by atoms with E-state index in [1.54, 1.807) is 24.3 Å². The second-order valence-corrected chi connectivity index (χ2v) is 9.22. The van der Waals surface area contributed by atoms with E-state index < -0.39 is 24.0 Å². The molecule has 5 nitrogen and oxygen atoms in total. The van der Waals surface area contributed by atoms with E-state index in [0.29, 0.717) is 30.8 Å². The lowest BCUT2D eigenvalue weighted by Gasteiger charge is -2.15. The summed E-state index contributed by atoms with van der Waals surface area (Å²) in [6.07, 6.45) is 9.75. The van der Waals surface area contributed by atoms with Crippen LogP contribution in [0.1, 0.15) is 95.3 Å².